The lowest BCUT2D eigenvalue weighted by molar-refractivity contribution is -0.140. The summed E-state index contributed by atoms with van der Waals surface area (Å²) < 4.78 is 17.2. The van der Waals surface area contributed by atoms with Crippen LogP contribution in [0.4, 0.5) is 0 Å². The smallest absolute Gasteiger partial charge is 0.343 e. The third-order valence-electron chi connectivity index (χ3n) is 6.52. The van der Waals surface area contributed by atoms with E-state index >= 15 is 0 Å². The fourth-order valence-corrected chi connectivity index (χ4v) is 4.72. The van der Waals surface area contributed by atoms with Crippen LogP contribution in [-0.2, 0) is 14.9 Å². The van der Waals surface area contributed by atoms with Crippen LogP contribution in [0.5, 0.6) is 5.75 Å². The summed E-state index contributed by atoms with van der Waals surface area (Å²) >= 11 is 0. The highest BCUT2D eigenvalue weighted by molar-refractivity contribution is 6.16. The average molecular weight is 496 g/mol. The van der Waals surface area contributed by atoms with Crippen LogP contribution in [0.25, 0.3) is 5.57 Å². The molecule has 8 nitrogen and oxygen atoms in total. The number of fused-ring (bicyclic) bond motifs is 1. The highest BCUT2D eigenvalue weighted by Gasteiger charge is 2.39. The summed E-state index contributed by atoms with van der Waals surface area (Å²) in [5.41, 5.74) is 0.789. The monoisotopic (exact) mass is 495 g/mol. The molecule has 0 unspecified atom stereocenters. The Kier molecular flexibility index (Phi) is 7.83. The lowest BCUT2D eigenvalue weighted by atomic mass is 9.87. The Morgan fingerprint density at radius 1 is 1.11 bits per heavy atom. The van der Waals surface area contributed by atoms with Crippen molar-refractivity contribution in [2.75, 3.05) is 32.8 Å². The molecule has 3 heterocycles. The van der Waals surface area contributed by atoms with Crippen LogP contribution in [0.3, 0.4) is 0 Å². The van der Waals surface area contributed by atoms with E-state index in [0.29, 0.717) is 36.1 Å². The van der Waals surface area contributed by atoms with Crippen molar-refractivity contribution < 1.29 is 23.5 Å². The number of hydrogen-bond acceptors (Lipinski definition) is 7. The predicted molar refractivity (Wildman–Crippen MR) is 137 cm³/mol. The number of ether oxygens (including phenoxy) is 2. The molecule has 36 heavy (non-hydrogen) atoms. The van der Waals surface area contributed by atoms with Gasteiger partial charge in [-0.05, 0) is 64.0 Å². The molecule has 0 spiro atoms. The molecular formula is C28H37N3O5. The minimum absolute atomic E-state index is 0.191. The van der Waals surface area contributed by atoms with E-state index in [4.69, 9.17) is 13.9 Å². The Morgan fingerprint density at radius 3 is 2.47 bits per heavy atom. The largest absolute Gasteiger partial charge is 0.492 e. The number of esters is 1. The molecular weight excluding hydrogens is 458 g/mol. The molecule has 4 rings (SSSR count). The normalized spacial score (nSPS) is 17.8. The number of likely N-dealkylation sites (tertiary alicyclic amines) is 1. The van der Waals surface area contributed by atoms with Crippen LogP contribution in [0.2, 0.25) is 0 Å². The molecule has 0 aliphatic carbocycles. The van der Waals surface area contributed by atoms with Crippen molar-refractivity contribution in [2.24, 2.45) is 0 Å². The quantitative estimate of drug-likeness (QED) is 0.520. The first kappa shape index (κ1) is 25.9. The first-order chi connectivity index (χ1) is 17.1. The van der Waals surface area contributed by atoms with Crippen molar-refractivity contribution in [1.29, 1.82) is 0 Å². The molecule has 1 saturated heterocycles. The van der Waals surface area contributed by atoms with Gasteiger partial charge in [0.1, 0.15) is 17.9 Å². The van der Waals surface area contributed by atoms with Crippen molar-refractivity contribution in [3.05, 3.63) is 53.4 Å². The number of amides is 1. The topological polar surface area (TPSA) is 85.1 Å². The summed E-state index contributed by atoms with van der Waals surface area (Å²) in [5.74, 6) is 0.785. The molecule has 0 saturated carbocycles. The van der Waals surface area contributed by atoms with E-state index in [2.05, 4.69) is 9.88 Å². The standard InChI is InChI=1S/C28H37N3O5/c1-19(2)35-27(33)23-17-31(18-28(4,5)25-24(23)36-20(3)29-25)26(32)21-9-11-22(12-10-21)34-16-15-30-13-7-6-8-14-30/h9-12,17,19H,6-8,13-16,18H2,1-5H3. The Morgan fingerprint density at radius 2 is 1.81 bits per heavy atom. The molecule has 2 aromatic rings. The fourth-order valence-electron chi connectivity index (χ4n) is 4.72. The number of oxazole rings is 1. The fraction of sp³-hybridized carbons (Fsp3) is 0.536. The maximum Gasteiger partial charge on any atom is 0.343 e. The predicted octanol–water partition coefficient (Wildman–Crippen LogP) is 4.57. The number of carbonyl (C=O) groups is 2. The molecule has 0 bridgehead atoms. The molecule has 2 aliphatic rings. The zero-order chi connectivity index (χ0) is 25.9. The molecule has 1 aromatic carbocycles. The number of nitrogens with zero attached hydrogens (tertiary/aromatic N) is 3. The van der Waals surface area contributed by atoms with E-state index in [1.165, 1.54) is 25.5 Å². The van der Waals surface area contributed by atoms with Gasteiger partial charge in [0.2, 0.25) is 0 Å². The zero-order valence-corrected chi connectivity index (χ0v) is 22.0. The lowest BCUT2D eigenvalue weighted by Crippen LogP contribution is -2.37. The van der Waals surface area contributed by atoms with Crippen molar-refractivity contribution in [2.45, 2.75) is 65.4 Å². The maximum absolute atomic E-state index is 13.5. The van der Waals surface area contributed by atoms with Gasteiger partial charge in [0.25, 0.3) is 5.91 Å². The molecule has 0 radical (unpaired) electrons. The van der Waals surface area contributed by atoms with E-state index in [9.17, 15) is 9.59 Å². The first-order valence-electron chi connectivity index (χ1n) is 12.8. The number of benzene rings is 1. The van der Waals surface area contributed by atoms with Gasteiger partial charge in [-0.3, -0.25) is 9.69 Å². The summed E-state index contributed by atoms with van der Waals surface area (Å²) in [4.78, 5) is 35.0. The van der Waals surface area contributed by atoms with Gasteiger partial charge in [-0.15, -0.1) is 0 Å². The second kappa shape index (κ2) is 10.9. The van der Waals surface area contributed by atoms with Crippen LogP contribution in [0, 0.1) is 6.92 Å². The van der Waals surface area contributed by atoms with Crippen LogP contribution >= 0.6 is 0 Å². The minimum Gasteiger partial charge on any atom is -0.492 e. The summed E-state index contributed by atoms with van der Waals surface area (Å²) in [7, 11) is 0. The number of rotatable bonds is 7. The second-order valence-electron chi connectivity index (χ2n) is 10.5. The summed E-state index contributed by atoms with van der Waals surface area (Å²) in [6, 6.07) is 7.16. The highest BCUT2D eigenvalue weighted by atomic mass is 16.5. The van der Waals surface area contributed by atoms with Gasteiger partial charge in [-0.2, -0.15) is 0 Å². The van der Waals surface area contributed by atoms with Crippen molar-refractivity contribution in [3.8, 4) is 5.75 Å². The maximum atomic E-state index is 13.5. The SMILES string of the molecule is Cc1nc2c(o1)C(C(=O)OC(C)C)=CN(C(=O)c1ccc(OCCN3CCCCC3)cc1)CC2(C)C. The number of hydrogen-bond donors (Lipinski definition) is 0. The first-order valence-corrected chi connectivity index (χ1v) is 12.8. The van der Waals surface area contributed by atoms with Crippen molar-refractivity contribution >= 4 is 17.4 Å². The number of aromatic nitrogens is 1. The Balaban J connectivity index is 1.51. The van der Waals surface area contributed by atoms with Gasteiger partial charge in [-0.1, -0.05) is 20.3 Å². The van der Waals surface area contributed by atoms with Gasteiger partial charge < -0.3 is 18.8 Å². The lowest BCUT2D eigenvalue weighted by Gasteiger charge is -2.28. The van der Waals surface area contributed by atoms with Crippen molar-refractivity contribution in [3.63, 3.8) is 0 Å². The van der Waals surface area contributed by atoms with Crippen LogP contribution in [-0.4, -0.2) is 65.6 Å². The molecule has 1 fully saturated rings. The van der Waals surface area contributed by atoms with Crippen LogP contribution in [0.1, 0.15) is 74.7 Å². The third kappa shape index (κ3) is 5.98. The van der Waals surface area contributed by atoms with Crippen LogP contribution in [0.15, 0.2) is 34.9 Å². The van der Waals surface area contributed by atoms with E-state index in [0.717, 1.165) is 25.4 Å². The van der Waals surface area contributed by atoms with E-state index in [-0.39, 0.29) is 17.6 Å². The molecule has 0 N–H and O–H groups in total. The third-order valence-corrected chi connectivity index (χ3v) is 6.52. The van der Waals surface area contributed by atoms with Gasteiger partial charge >= 0.3 is 5.97 Å². The molecule has 194 valence electrons. The molecule has 1 amide bonds. The Labute approximate surface area is 213 Å². The molecule has 0 atom stereocenters. The minimum atomic E-state index is -0.546. The number of aryl methyl sites for hydroxylation is 1. The van der Waals surface area contributed by atoms with Crippen molar-refractivity contribution in [1.82, 2.24) is 14.8 Å². The van der Waals surface area contributed by atoms with Gasteiger partial charge in [0, 0.05) is 37.2 Å². The van der Waals surface area contributed by atoms with Gasteiger partial charge in [0.05, 0.1) is 11.8 Å². The molecule has 8 heteroatoms. The van der Waals surface area contributed by atoms with Crippen LogP contribution < -0.4 is 4.74 Å². The van der Waals surface area contributed by atoms with Gasteiger partial charge in [-0.25, -0.2) is 9.78 Å². The van der Waals surface area contributed by atoms with Gasteiger partial charge in [0.15, 0.2) is 11.7 Å². The molecule has 1 aromatic heterocycles. The summed E-state index contributed by atoms with van der Waals surface area (Å²) in [6.45, 7) is 13.4. The molecule has 2 aliphatic heterocycles. The summed E-state index contributed by atoms with van der Waals surface area (Å²) in [6.07, 6.45) is 5.05. The van der Waals surface area contributed by atoms with E-state index in [1.807, 2.05) is 26.0 Å². The van der Waals surface area contributed by atoms with E-state index < -0.39 is 11.4 Å². The zero-order valence-electron chi connectivity index (χ0n) is 22.0. The van der Waals surface area contributed by atoms with E-state index in [1.54, 1.807) is 37.8 Å². The summed E-state index contributed by atoms with van der Waals surface area (Å²) in [5, 5.41) is 0. The number of carbonyl (C=O) groups excluding carboxylic acids is 2. The number of piperidine rings is 1. The Hall–Kier alpha value is -3.13. The highest BCUT2D eigenvalue weighted by Crippen LogP contribution is 2.36. The second-order valence-corrected chi connectivity index (χ2v) is 10.5. The average Bonchev–Trinajstić information content (AvgIpc) is 3.19. The Bertz CT molecular complexity index is 1110.